The molecule has 1 heterocycles. The molecule has 0 saturated heterocycles. The molecule has 94 valence electrons. The molecule has 3 heteroatoms. The van der Waals surface area contributed by atoms with Crippen molar-refractivity contribution in [3.05, 3.63) is 39.2 Å². The van der Waals surface area contributed by atoms with E-state index < -0.39 is 0 Å². The molecule has 1 aliphatic carbocycles. The fourth-order valence-electron chi connectivity index (χ4n) is 2.71. The summed E-state index contributed by atoms with van der Waals surface area (Å²) in [5.74, 6) is 0. The van der Waals surface area contributed by atoms with Gasteiger partial charge >= 0.3 is 0 Å². The van der Waals surface area contributed by atoms with Crippen LogP contribution >= 0.6 is 11.3 Å². The topological polar surface area (TPSA) is 38.9 Å². The Bertz CT molecular complexity index is 572. The summed E-state index contributed by atoms with van der Waals surface area (Å²) in [4.78, 5) is 5.84. The molecule has 0 saturated carbocycles. The zero-order chi connectivity index (χ0) is 12.5. The quantitative estimate of drug-likeness (QED) is 0.896. The highest BCUT2D eigenvalue weighted by atomic mass is 32.1. The van der Waals surface area contributed by atoms with Crippen molar-refractivity contribution in [3.63, 3.8) is 0 Å². The minimum atomic E-state index is 0.581. The summed E-state index contributed by atoms with van der Waals surface area (Å²) < 4.78 is 0. The number of hydrogen-bond acceptors (Lipinski definition) is 3. The van der Waals surface area contributed by atoms with E-state index >= 15 is 0 Å². The smallest absolute Gasteiger partial charge is 0.0905 e. The molecule has 0 atom stereocenters. The summed E-state index contributed by atoms with van der Waals surface area (Å²) in [7, 11) is 0. The van der Waals surface area contributed by atoms with E-state index in [2.05, 4.69) is 23.2 Å². The number of hydrogen-bond donors (Lipinski definition) is 1. The van der Waals surface area contributed by atoms with E-state index in [1.165, 1.54) is 47.3 Å². The standard InChI is InChI=1S/C15H18N2S/c1-10-17-15(14(9-16)18-10)13-7-6-11-4-2-3-5-12(11)8-13/h6-8H,2-5,9,16H2,1H3. The van der Waals surface area contributed by atoms with Crippen LogP contribution in [0, 0.1) is 6.92 Å². The van der Waals surface area contributed by atoms with Gasteiger partial charge in [-0.2, -0.15) is 0 Å². The van der Waals surface area contributed by atoms with Crippen molar-refractivity contribution in [1.82, 2.24) is 4.98 Å². The van der Waals surface area contributed by atoms with Gasteiger partial charge in [-0.15, -0.1) is 11.3 Å². The van der Waals surface area contributed by atoms with Crippen molar-refractivity contribution in [2.24, 2.45) is 5.73 Å². The van der Waals surface area contributed by atoms with E-state index in [-0.39, 0.29) is 0 Å². The number of nitrogens with zero attached hydrogens (tertiary/aromatic N) is 1. The van der Waals surface area contributed by atoms with Gasteiger partial charge < -0.3 is 5.73 Å². The number of aryl methyl sites for hydroxylation is 3. The minimum absolute atomic E-state index is 0.581. The number of fused-ring (bicyclic) bond motifs is 1. The maximum Gasteiger partial charge on any atom is 0.0905 e. The third-order valence-electron chi connectivity index (χ3n) is 3.61. The molecule has 0 amide bonds. The SMILES string of the molecule is Cc1nc(-c2ccc3c(c2)CCCC3)c(CN)s1. The molecule has 0 bridgehead atoms. The number of nitrogens with two attached hydrogens (primary N) is 1. The molecular weight excluding hydrogens is 240 g/mol. The number of benzene rings is 1. The van der Waals surface area contributed by atoms with Gasteiger partial charge in [0.2, 0.25) is 0 Å². The van der Waals surface area contributed by atoms with Crippen LogP contribution < -0.4 is 5.73 Å². The third-order valence-corrected chi connectivity index (χ3v) is 4.60. The van der Waals surface area contributed by atoms with E-state index in [0.29, 0.717) is 6.54 Å². The maximum absolute atomic E-state index is 5.81. The first-order chi connectivity index (χ1) is 8.78. The normalized spacial score (nSPS) is 14.6. The van der Waals surface area contributed by atoms with Gasteiger partial charge in [0.15, 0.2) is 0 Å². The predicted octanol–water partition coefficient (Wildman–Crippen LogP) is 3.46. The first-order valence-electron chi connectivity index (χ1n) is 6.56. The lowest BCUT2D eigenvalue weighted by Crippen LogP contribution is -2.03. The zero-order valence-corrected chi connectivity index (χ0v) is 11.5. The fraction of sp³-hybridized carbons (Fsp3) is 0.400. The molecule has 0 aliphatic heterocycles. The lowest BCUT2D eigenvalue weighted by molar-refractivity contribution is 0.686. The van der Waals surface area contributed by atoms with E-state index in [4.69, 9.17) is 5.73 Å². The van der Waals surface area contributed by atoms with Crippen molar-refractivity contribution in [2.75, 3.05) is 0 Å². The summed E-state index contributed by atoms with van der Waals surface area (Å²) in [5, 5.41) is 1.10. The van der Waals surface area contributed by atoms with E-state index in [0.717, 1.165) is 10.7 Å². The molecule has 2 N–H and O–H groups in total. The van der Waals surface area contributed by atoms with E-state index in [1.54, 1.807) is 11.3 Å². The van der Waals surface area contributed by atoms with Crippen molar-refractivity contribution < 1.29 is 0 Å². The van der Waals surface area contributed by atoms with Crippen LogP contribution in [0.1, 0.15) is 33.9 Å². The Hall–Kier alpha value is -1.19. The van der Waals surface area contributed by atoms with Crippen LogP contribution in [-0.4, -0.2) is 4.98 Å². The number of rotatable bonds is 2. The van der Waals surface area contributed by atoms with Gasteiger partial charge in [-0.05, 0) is 49.8 Å². The van der Waals surface area contributed by atoms with E-state index in [1.807, 2.05) is 6.92 Å². The number of aromatic nitrogens is 1. The van der Waals surface area contributed by atoms with Gasteiger partial charge in [0.05, 0.1) is 10.7 Å². The summed E-state index contributed by atoms with van der Waals surface area (Å²) in [6, 6.07) is 6.80. The summed E-state index contributed by atoms with van der Waals surface area (Å²) in [6.45, 7) is 2.63. The van der Waals surface area contributed by atoms with Crippen LogP contribution in [0.4, 0.5) is 0 Å². The monoisotopic (exact) mass is 258 g/mol. The second kappa shape index (κ2) is 4.82. The predicted molar refractivity (Wildman–Crippen MR) is 76.8 cm³/mol. The Labute approximate surface area is 112 Å². The first kappa shape index (κ1) is 11.9. The Morgan fingerprint density at radius 2 is 2.00 bits per heavy atom. The van der Waals surface area contributed by atoms with Crippen molar-refractivity contribution in [3.8, 4) is 11.3 Å². The molecule has 1 aromatic heterocycles. The minimum Gasteiger partial charge on any atom is -0.326 e. The maximum atomic E-state index is 5.81. The highest BCUT2D eigenvalue weighted by Gasteiger charge is 2.14. The first-order valence-corrected chi connectivity index (χ1v) is 7.38. The second-order valence-corrected chi connectivity index (χ2v) is 6.19. The summed E-state index contributed by atoms with van der Waals surface area (Å²) >= 11 is 1.71. The molecular formula is C15H18N2S. The molecule has 0 spiro atoms. The molecule has 18 heavy (non-hydrogen) atoms. The van der Waals surface area contributed by atoms with Crippen LogP contribution in [-0.2, 0) is 19.4 Å². The van der Waals surface area contributed by atoms with Gasteiger partial charge in [0, 0.05) is 17.0 Å². The zero-order valence-electron chi connectivity index (χ0n) is 10.7. The molecule has 0 unspecified atom stereocenters. The Morgan fingerprint density at radius 1 is 1.22 bits per heavy atom. The Balaban J connectivity index is 2.06. The average Bonchev–Trinajstić information content (AvgIpc) is 2.79. The van der Waals surface area contributed by atoms with Gasteiger partial charge in [-0.1, -0.05) is 12.1 Å². The third kappa shape index (κ3) is 2.08. The highest BCUT2D eigenvalue weighted by molar-refractivity contribution is 7.12. The largest absolute Gasteiger partial charge is 0.326 e. The fourth-order valence-corrected chi connectivity index (χ4v) is 3.55. The molecule has 0 fully saturated rings. The lowest BCUT2D eigenvalue weighted by Gasteiger charge is -2.16. The van der Waals surface area contributed by atoms with Crippen molar-refractivity contribution >= 4 is 11.3 Å². The van der Waals surface area contributed by atoms with Gasteiger partial charge in [0.1, 0.15) is 0 Å². The van der Waals surface area contributed by atoms with Crippen molar-refractivity contribution in [2.45, 2.75) is 39.2 Å². The molecule has 2 nitrogen and oxygen atoms in total. The van der Waals surface area contributed by atoms with Gasteiger partial charge in [-0.3, -0.25) is 0 Å². The average molecular weight is 258 g/mol. The van der Waals surface area contributed by atoms with Crippen LogP contribution in [0.15, 0.2) is 18.2 Å². The number of thiazole rings is 1. The summed E-state index contributed by atoms with van der Waals surface area (Å²) in [6.07, 6.45) is 5.09. The van der Waals surface area contributed by atoms with Crippen LogP contribution in [0.3, 0.4) is 0 Å². The highest BCUT2D eigenvalue weighted by Crippen LogP contribution is 2.31. The second-order valence-electron chi connectivity index (χ2n) is 4.90. The van der Waals surface area contributed by atoms with Crippen LogP contribution in [0.5, 0.6) is 0 Å². The molecule has 0 radical (unpaired) electrons. The molecule has 1 aliphatic rings. The molecule has 1 aromatic carbocycles. The molecule has 3 rings (SSSR count). The summed E-state index contributed by atoms with van der Waals surface area (Å²) in [5.41, 5.74) is 11.2. The van der Waals surface area contributed by atoms with E-state index in [9.17, 15) is 0 Å². The Kier molecular flexibility index (Phi) is 3.18. The Morgan fingerprint density at radius 3 is 2.78 bits per heavy atom. The van der Waals surface area contributed by atoms with Gasteiger partial charge in [-0.25, -0.2) is 4.98 Å². The molecule has 2 aromatic rings. The van der Waals surface area contributed by atoms with Crippen molar-refractivity contribution in [1.29, 1.82) is 0 Å². The lowest BCUT2D eigenvalue weighted by atomic mass is 9.90. The van der Waals surface area contributed by atoms with Crippen LogP contribution in [0.25, 0.3) is 11.3 Å². The van der Waals surface area contributed by atoms with Gasteiger partial charge in [0.25, 0.3) is 0 Å². The van der Waals surface area contributed by atoms with Crippen LogP contribution in [0.2, 0.25) is 0 Å².